The summed E-state index contributed by atoms with van der Waals surface area (Å²) in [5.74, 6) is 0. The van der Waals surface area contributed by atoms with E-state index in [9.17, 15) is 0 Å². The highest BCUT2D eigenvalue weighted by molar-refractivity contribution is 7.98. The zero-order valence-corrected chi connectivity index (χ0v) is 7.52. The van der Waals surface area contributed by atoms with E-state index in [0.29, 0.717) is 5.22 Å². The summed E-state index contributed by atoms with van der Waals surface area (Å²) in [6.07, 6.45) is 4.44. The number of aromatic nitrogens is 1. The standard InChI is InChI=1S/C7H12N2OS/c1-3-5(8)6-4-10-7(9-6)11-2/h4-5H,3,8H2,1-2H3/t5-/m0/s1. The van der Waals surface area contributed by atoms with Crippen molar-refractivity contribution in [3.05, 3.63) is 12.0 Å². The molecule has 0 aliphatic heterocycles. The molecular formula is C7H12N2OS. The molecule has 0 saturated carbocycles. The Bertz CT molecular complexity index is 224. The van der Waals surface area contributed by atoms with Crippen molar-refractivity contribution in [1.29, 1.82) is 0 Å². The van der Waals surface area contributed by atoms with Gasteiger partial charge in [-0.15, -0.1) is 0 Å². The molecule has 4 heteroatoms. The lowest BCUT2D eigenvalue weighted by atomic mass is 10.2. The molecule has 0 aliphatic rings. The van der Waals surface area contributed by atoms with Crippen LogP contribution in [0.15, 0.2) is 15.9 Å². The third kappa shape index (κ3) is 1.97. The summed E-state index contributed by atoms with van der Waals surface area (Å²) in [5.41, 5.74) is 6.57. The van der Waals surface area contributed by atoms with Crippen LogP contribution in [-0.2, 0) is 0 Å². The number of thioether (sulfide) groups is 1. The molecule has 1 atom stereocenters. The smallest absolute Gasteiger partial charge is 0.255 e. The van der Waals surface area contributed by atoms with Gasteiger partial charge in [-0.3, -0.25) is 0 Å². The summed E-state index contributed by atoms with van der Waals surface area (Å²) in [5, 5.41) is 0.684. The van der Waals surface area contributed by atoms with Crippen LogP contribution in [-0.4, -0.2) is 11.2 Å². The lowest BCUT2D eigenvalue weighted by molar-refractivity contribution is 0.454. The minimum Gasteiger partial charge on any atom is -0.440 e. The van der Waals surface area contributed by atoms with Gasteiger partial charge in [0.2, 0.25) is 0 Å². The van der Waals surface area contributed by atoms with E-state index >= 15 is 0 Å². The number of hydrogen-bond acceptors (Lipinski definition) is 4. The Kier molecular flexibility index (Phi) is 2.96. The first-order valence-electron chi connectivity index (χ1n) is 3.53. The number of oxazole rings is 1. The number of nitrogens with zero attached hydrogens (tertiary/aromatic N) is 1. The maximum Gasteiger partial charge on any atom is 0.255 e. The van der Waals surface area contributed by atoms with E-state index in [1.807, 2.05) is 13.2 Å². The first-order chi connectivity index (χ1) is 5.27. The molecule has 1 heterocycles. The maximum atomic E-state index is 5.73. The van der Waals surface area contributed by atoms with E-state index in [4.69, 9.17) is 10.2 Å². The predicted octanol–water partition coefficient (Wildman–Crippen LogP) is 1.81. The molecule has 0 unspecified atom stereocenters. The fraction of sp³-hybridized carbons (Fsp3) is 0.571. The van der Waals surface area contributed by atoms with Crippen molar-refractivity contribution < 1.29 is 4.42 Å². The van der Waals surface area contributed by atoms with Crippen molar-refractivity contribution in [2.24, 2.45) is 5.73 Å². The van der Waals surface area contributed by atoms with Crippen molar-refractivity contribution in [1.82, 2.24) is 4.98 Å². The van der Waals surface area contributed by atoms with Gasteiger partial charge in [-0.25, -0.2) is 4.98 Å². The summed E-state index contributed by atoms with van der Waals surface area (Å²) >= 11 is 1.48. The Morgan fingerprint density at radius 2 is 2.55 bits per heavy atom. The molecule has 0 spiro atoms. The molecule has 0 aliphatic carbocycles. The second-order valence-electron chi connectivity index (χ2n) is 2.26. The third-order valence-corrected chi connectivity index (χ3v) is 2.03. The summed E-state index contributed by atoms with van der Waals surface area (Å²) in [4.78, 5) is 4.17. The lowest BCUT2D eigenvalue weighted by Gasteiger charge is -2.00. The lowest BCUT2D eigenvalue weighted by Crippen LogP contribution is -2.08. The second-order valence-corrected chi connectivity index (χ2v) is 3.01. The zero-order valence-electron chi connectivity index (χ0n) is 6.70. The van der Waals surface area contributed by atoms with Crippen LogP contribution < -0.4 is 5.73 Å². The van der Waals surface area contributed by atoms with E-state index < -0.39 is 0 Å². The quantitative estimate of drug-likeness (QED) is 0.706. The van der Waals surface area contributed by atoms with Gasteiger partial charge >= 0.3 is 0 Å². The molecule has 0 amide bonds. The minimum atomic E-state index is 0.0136. The SMILES string of the molecule is CC[C@H](N)c1coc(SC)n1. The van der Waals surface area contributed by atoms with Crippen LogP contribution >= 0.6 is 11.8 Å². The van der Waals surface area contributed by atoms with E-state index in [2.05, 4.69) is 4.98 Å². The molecule has 1 aromatic rings. The minimum absolute atomic E-state index is 0.0136. The highest BCUT2D eigenvalue weighted by atomic mass is 32.2. The van der Waals surface area contributed by atoms with Crippen molar-refractivity contribution in [3.63, 3.8) is 0 Å². The Balaban J connectivity index is 2.71. The number of hydrogen-bond donors (Lipinski definition) is 1. The summed E-state index contributed by atoms with van der Waals surface area (Å²) < 4.78 is 5.11. The van der Waals surface area contributed by atoms with Gasteiger partial charge in [-0.2, -0.15) is 0 Å². The molecule has 2 N–H and O–H groups in total. The van der Waals surface area contributed by atoms with Crippen LogP contribution in [0.25, 0.3) is 0 Å². The fourth-order valence-corrected chi connectivity index (χ4v) is 1.08. The van der Waals surface area contributed by atoms with Gasteiger partial charge in [0.15, 0.2) is 0 Å². The highest BCUT2D eigenvalue weighted by Crippen LogP contribution is 2.18. The topological polar surface area (TPSA) is 52.0 Å². The van der Waals surface area contributed by atoms with Crippen molar-refractivity contribution in [2.75, 3.05) is 6.26 Å². The van der Waals surface area contributed by atoms with Gasteiger partial charge in [0.05, 0.1) is 11.7 Å². The van der Waals surface area contributed by atoms with Crippen LogP contribution in [0.2, 0.25) is 0 Å². The van der Waals surface area contributed by atoms with Crippen molar-refractivity contribution in [3.8, 4) is 0 Å². The first-order valence-corrected chi connectivity index (χ1v) is 4.75. The Morgan fingerprint density at radius 3 is 3.00 bits per heavy atom. The van der Waals surface area contributed by atoms with Crippen LogP contribution in [0.3, 0.4) is 0 Å². The van der Waals surface area contributed by atoms with E-state index in [0.717, 1.165) is 12.1 Å². The molecule has 11 heavy (non-hydrogen) atoms. The summed E-state index contributed by atoms with van der Waals surface area (Å²) in [6, 6.07) is 0.0136. The van der Waals surface area contributed by atoms with Crippen LogP contribution in [0.5, 0.6) is 0 Å². The van der Waals surface area contributed by atoms with Crippen LogP contribution in [0.4, 0.5) is 0 Å². The summed E-state index contributed by atoms with van der Waals surface area (Å²) in [7, 11) is 0. The average molecular weight is 172 g/mol. The molecule has 0 bridgehead atoms. The number of rotatable bonds is 3. The van der Waals surface area contributed by atoms with Gasteiger partial charge in [-0.1, -0.05) is 18.7 Å². The molecule has 0 aromatic carbocycles. The molecule has 3 nitrogen and oxygen atoms in total. The first kappa shape index (κ1) is 8.62. The van der Waals surface area contributed by atoms with E-state index in [1.165, 1.54) is 11.8 Å². The number of nitrogens with two attached hydrogens (primary N) is 1. The molecular weight excluding hydrogens is 160 g/mol. The highest BCUT2D eigenvalue weighted by Gasteiger charge is 2.08. The van der Waals surface area contributed by atoms with Gasteiger partial charge in [0.1, 0.15) is 6.26 Å². The molecule has 1 rings (SSSR count). The fourth-order valence-electron chi connectivity index (χ4n) is 0.742. The van der Waals surface area contributed by atoms with E-state index in [-0.39, 0.29) is 6.04 Å². The van der Waals surface area contributed by atoms with E-state index in [1.54, 1.807) is 6.26 Å². The Hall–Kier alpha value is -0.480. The van der Waals surface area contributed by atoms with Crippen LogP contribution in [0.1, 0.15) is 25.1 Å². The molecule has 1 aromatic heterocycles. The van der Waals surface area contributed by atoms with Gasteiger partial charge in [0.25, 0.3) is 5.22 Å². The van der Waals surface area contributed by atoms with Gasteiger partial charge in [-0.05, 0) is 12.7 Å². The predicted molar refractivity (Wildman–Crippen MR) is 45.5 cm³/mol. The average Bonchev–Trinajstić information content (AvgIpc) is 2.50. The van der Waals surface area contributed by atoms with Crippen molar-refractivity contribution in [2.45, 2.75) is 24.6 Å². The molecule has 62 valence electrons. The van der Waals surface area contributed by atoms with Crippen molar-refractivity contribution >= 4 is 11.8 Å². The maximum absolute atomic E-state index is 5.73. The van der Waals surface area contributed by atoms with Crippen LogP contribution in [0, 0.1) is 0 Å². The molecule has 0 fully saturated rings. The third-order valence-electron chi connectivity index (χ3n) is 1.50. The second kappa shape index (κ2) is 3.78. The largest absolute Gasteiger partial charge is 0.440 e. The normalized spacial score (nSPS) is 13.4. The molecule has 0 radical (unpaired) electrons. The monoisotopic (exact) mass is 172 g/mol. The van der Waals surface area contributed by atoms with Gasteiger partial charge in [0, 0.05) is 0 Å². The molecule has 0 saturated heterocycles. The Morgan fingerprint density at radius 1 is 1.82 bits per heavy atom. The van der Waals surface area contributed by atoms with Gasteiger partial charge < -0.3 is 10.2 Å². The zero-order chi connectivity index (χ0) is 8.27. The summed E-state index contributed by atoms with van der Waals surface area (Å²) in [6.45, 7) is 2.03. The Labute approximate surface area is 70.4 Å².